The van der Waals surface area contributed by atoms with E-state index in [0.717, 1.165) is 38.5 Å². The summed E-state index contributed by atoms with van der Waals surface area (Å²) < 4.78 is 5.03. The van der Waals surface area contributed by atoms with Crippen LogP contribution in [0.4, 0.5) is 0 Å². The van der Waals surface area contributed by atoms with Crippen molar-refractivity contribution < 1.29 is 29.0 Å². The minimum Gasteiger partial charge on any atom is -0.464 e. The van der Waals surface area contributed by atoms with Gasteiger partial charge in [0.15, 0.2) is 0 Å². The maximum absolute atomic E-state index is 12.0. The van der Waals surface area contributed by atoms with E-state index < -0.39 is 5.09 Å². The Morgan fingerprint density at radius 3 is 2.45 bits per heavy atom. The van der Waals surface area contributed by atoms with Gasteiger partial charge in [0.1, 0.15) is 11.9 Å². The molecule has 9 nitrogen and oxygen atoms in total. The molecule has 1 amide bonds. The van der Waals surface area contributed by atoms with Crippen LogP contribution in [0.2, 0.25) is 0 Å². The Labute approximate surface area is 173 Å². The summed E-state index contributed by atoms with van der Waals surface area (Å²) in [5.74, 6) is 0.0769. The van der Waals surface area contributed by atoms with Gasteiger partial charge in [0.2, 0.25) is 5.91 Å². The highest BCUT2D eigenvalue weighted by atomic mass is 16.9. The Kier molecular flexibility index (Phi) is 17.7. The van der Waals surface area contributed by atoms with E-state index in [1.807, 2.05) is 0 Å². The Balaban J connectivity index is 3.73. The molecule has 1 N–H and O–H groups in total. The standard InChI is InChI=1S/C20H36N2O7/c1-2-3-4-6-11-18(24)16-19(28-17-23)12-8-9-14-21-20(25)13-7-5-10-15-29-22(26)27/h17,19H,2-16H2,1H3,(H,21,25). The molecular weight excluding hydrogens is 380 g/mol. The predicted molar refractivity (Wildman–Crippen MR) is 108 cm³/mol. The molecule has 29 heavy (non-hydrogen) atoms. The molecule has 0 radical (unpaired) electrons. The van der Waals surface area contributed by atoms with Gasteiger partial charge in [-0.2, -0.15) is 0 Å². The van der Waals surface area contributed by atoms with Gasteiger partial charge in [0.05, 0.1) is 6.61 Å². The second kappa shape index (κ2) is 19.1. The average Bonchev–Trinajstić information content (AvgIpc) is 2.67. The van der Waals surface area contributed by atoms with Crippen molar-refractivity contribution in [2.24, 2.45) is 0 Å². The van der Waals surface area contributed by atoms with Crippen LogP contribution in [0.15, 0.2) is 0 Å². The number of nitrogens with zero attached hydrogens (tertiary/aromatic N) is 1. The summed E-state index contributed by atoms with van der Waals surface area (Å²) in [4.78, 5) is 48.5. The summed E-state index contributed by atoms with van der Waals surface area (Å²) >= 11 is 0. The monoisotopic (exact) mass is 416 g/mol. The summed E-state index contributed by atoms with van der Waals surface area (Å²) in [6, 6.07) is 0. The van der Waals surface area contributed by atoms with Crippen molar-refractivity contribution in [1.82, 2.24) is 5.32 Å². The Hall–Kier alpha value is -2.19. The Morgan fingerprint density at radius 1 is 1.03 bits per heavy atom. The van der Waals surface area contributed by atoms with E-state index in [4.69, 9.17) is 4.74 Å². The van der Waals surface area contributed by atoms with Gasteiger partial charge in [-0.1, -0.05) is 32.6 Å². The van der Waals surface area contributed by atoms with Gasteiger partial charge >= 0.3 is 0 Å². The maximum atomic E-state index is 12.0. The molecule has 1 unspecified atom stereocenters. The fourth-order valence-corrected chi connectivity index (χ4v) is 2.92. The van der Waals surface area contributed by atoms with Gasteiger partial charge in [0.25, 0.3) is 11.6 Å². The smallest absolute Gasteiger partial charge is 0.294 e. The van der Waals surface area contributed by atoms with Crippen molar-refractivity contribution in [3.63, 3.8) is 0 Å². The molecule has 0 aliphatic rings. The highest BCUT2D eigenvalue weighted by molar-refractivity contribution is 5.79. The summed E-state index contributed by atoms with van der Waals surface area (Å²) in [5.41, 5.74) is 0. The van der Waals surface area contributed by atoms with Crippen molar-refractivity contribution in [1.29, 1.82) is 0 Å². The van der Waals surface area contributed by atoms with Gasteiger partial charge in [-0.25, -0.2) is 0 Å². The van der Waals surface area contributed by atoms with E-state index in [9.17, 15) is 24.5 Å². The van der Waals surface area contributed by atoms with E-state index in [1.54, 1.807) is 0 Å². The fraction of sp³-hybridized carbons (Fsp3) is 0.850. The van der Waals surface area contributed by atoms with E-state index in [-0.39, 0.29) is 30.8 Å². The Morgan fingerprint density at radius 2 is 1.76 bits per heavy atom. The summed E-state index contributed by atoms with van der Waals surface area (Å²) in [7, 11) is 0. The molecule has 0 saturated carbocycles. The van der Waals surface area contributed by atoms with Crippen LogP contribution >= 0.6 is 0 Å². The largest absolute Gasteiger partial charge is 0.464 e. The molecule has 0 spiro atoms. The van der Waals surface area contributed by atoms with E-state index in [1.165, 1.54) is 0 Å². The lowest BCUT2D eigenvalue weighted by Crippen LogP contribution is -2.24. The lowest BCUT2D eigenvalue weighted by molar-refractivity contribution is -0.757. The van der Waals surface area contributed by atoms with Gasteiger partial charge in [0, 0.05) is 25.8 Å². The molecular formula is C20H36N2O7. The van der Waals surface area contributed by atoms with Crippen molar-refractivity contribution in [3.8, 4) is 0 Å². The molecule has 0 heterocycles. The number of carbonyl (C=O) groups excluding carboxylic acids is 3. The number of carbonyl (C=O) groups is 3. The summed E-state index contributed by atoms with van der Waals surface area (Å²) in [6.45, 7) is 3.10. The Bertz CT molecular complexity index is 472. The minimum atomic E-state index is -0.819. The van der Waals surface area contributed by atoms with Gasteiger partial charge < -0.3 is 14.9 Å². The second-order valence-corrected chi connectivity index (χ2v) is 7.12. The lowest BCUT2D eigenvalue weighted by Gasteiger charge is -2.14. The topological polar surface area (TPSA) is 125 Å². The number of unbranched alkanes of at least 4 members (excludes halogenated alkanes) is 6. The first-order valence-electron chi connectivity index (χ1n) is 10.6. The third-order valence-electron chi connectivity index (χ3n) is 4.53. The molecule has 0 aliphatic carbocycles. The SMILES string of the molecule is CCCCCCC(=O)CC(CCCCNC(=O)CCCCCO[N+](=O)[O-])OC=O. The number of hydrogen-bond acceptors (Lipinski definition) is 7. The average molecular weight is 417 g/mol. The van der Waals surface area contributed by atoms with Crippen LogP contribution in [-0.4, -0.2) is 42.5 Å². The predicted octanol–water partition coefficient (Wildman–Crippen LogP) is 3.51. The molecule has 0 aliphatic heterocycles. The molecule has 0 bridgehead atoms. The van der Waals surface area contributed by atoms with Crippen LogP contribution in [0, 0.1) is 10.1 Å². The number of Topliss-reactive ketones (excluding diaryl/α,β-unsaturated/α-hetero) is 1. The van der Waals surface area contributed by atoms with Crippen LogP contribution in [0.1, 0.15) is 90.4 Å². The molecule has 0 rings (SSSR count). The van der Waals surface area contributed by atoms with Crippen molar-refractivity contribution >= 4 is 18.2 Å². The number of nitrogens with one attached hydrogen (secondary N) is 1. The first kappa shape index (κ1) is 26.8. The summed E-state index contributed by atoms with van der Waals surface area (Å²) in [5, 5.41) is 12.0. The quantitative estimate of drug-likeness (QED) is 0.131. The maximum Gasteiger partial charge on any atom is 0.294 e. The first-order valence-corrected chi connectivity index (χ1v) is 10.6. The molecule has 0 aromatic carbocycles. The third kappa shape index (κ3) is 18.9. The van der Waals surface area contributed by atoms with E-state index >= 15 is 0 Å². The minimum absolute atomic E-state index is 0.0526. The molecule has 0 aromatic heterocycles. The lowest BCUT2D eigenvalue weighted by atomic mass is 10.0. The molecule has 0 aromatic rings. The fourth-order valence-electron chi connectivity index (χ4n) is 2.92. The number of rotatable bonds is 21. The highest BCUT2D eigenvalue weighted by Crippen LogP contribution is 2.12. The van der Waals surface area contributed by atoms with Crippen molar-refractivity contribution in [2.75, 3.05) is 13.2 Å². The second-order valence-electron chi connectivity index (χ2n) is 7.12. The third-order valence-corrected chi connectivity index (χ3v) is 4.53. The van der Waals surface area contributed by atoms with Crippen LogP contribution < -0.4 is 5.32 Å². The zero-order valence-electron chi connectivity index (χ0n) is 17.6. The van der Waals surface area contributed by atoms with Gasteiger partial charge in [-0.15, -0.1) is 10.1 Å². The molecule has 9 heteroatoms. The molecule has 168 valence electrons. The van der Waals surface area contributed by atoms with Crippen LogP contribution in [-0.2, 0) is 24.0 Å². The molecule has 0 saturated heterocycles. The molecule has 1 atom stereocenters. The van der Waals surface area contributed by atoms with Crippen LogP contribution in [0.5, 0.6) is 0 Å². The number of ketones is 1. The number of amides is 1. The first-order chi connectivity index (χ1) is 14.0. The highest BCUT2D eigenvalue weighted by Gasteiger charge is 2.14. The van der Waals surface area contributed by atoms with Crippen LogP contribution in [0.25, 0.3) is 0 Å². The van der Waals surface area contributed by atoms with Crippen molar-refractivity contribution in [2.45, 2.75) is 96.5 Å². The zero-order valence-corrected chi connectivity index (χ0v) is 17.6. The normalized spacial score (nSPS) is 11.5. The van der Waals surface area contributed by atoms with Crippen LogP contribution in [0.3, 0.4) is 0 Å². The van der Waals surface area contributed by atoms with E-state index in [0.29, 0.717) is 51.5 Å². The number of hydrogen-bond donors (Lipinski definition) is 1. The molecule has 0 fully saturated rings. The van der Waals surface area contributed by atoms with Gasteiger partial charge in [-0.3, -0.25) is 14.4 Å². The summed E-state index contributed by atoms with van der Waals surface area (Å²) in [6.07, 6.45) is 8.96. The van der Waals surface area contributed by atoms with Gasteiger partial charge in [-0.05, 0) is 38.5 Å². The zero-order chi connectivity index (χ0) is 21.7. The van der Waals surface area contributed by atoms with E-state index in [2.05, 4.69) is 17.1 Å². The van der Waals surface area contributed by atoms with Crippen molar-refractivity contribution in [3.05, 3.63) is 10.1 Å². The number of ether oxygens (including phenoxy) is 1.